The molecular formula is C16H15F3N2O3S. The molecule has 5 nitrogen and oxygen atoms in total. The zero-order valence-corrected chi connectivity index (χ0v) is 13.9. The maximum atomic E-state index is 12.7. The fourth-order valence-electron chi connectivity index (χ4n) is 2.08. The minimum atomic E-state index is -4.45. The maximum absolute atomic E-state index is 12.7. The Labute approximate surface area is 142 Å². The smallest absolute Gasteiger partial charge is 0.348 e. The van der Waals surface area contributed by atoms with E-state index in [0.29, 0.717) is 5.56 Å². The second-order valence-electron chi connectivity index (χ2n) is 5.34. The van der Waals surface area contributed by atoms with Gasteiger partial charge in [-0.1, -0.05) is 18.2 Å². The standard InChI is InChI=1S/C16H15F3N2O3S/c1-25(23,24)21-14-7-3-5-12(9-14)15(22)20-10-11-4-2-6-13(8-11)16(17,18)19/h2-9,21H,10H2,1H3,(H,20,22). The van der Waals surface area contributed by atoms with Crippen molar-refractivity contribution in [3.8, 4) is 0 Å². The number of sulfonamides is 1. The molecule has 0 saturated heterocycles. The molecule has 0 saturated carbocycles. The van der Waals surface area contributed by atoms with Gasteiger partial charge in [0.25, 0.3) is 5.91 Å². The van der Waals surface area contributed by atoms with Crippen molar-refractivity contribution in [2.24, 2.45) is 0 Å². The van der Waals surface area contributed by atoms with Gasteiger partial charge in [-0.2, -0.15) is 13.2 Å². The Morgan fingerprint density at radius 3 is 2.40 bits per heavy atom. The second kappa shape index (κ2) is 7.14. The van der Waals surface area contributed by atoms with Crippen LogP contribution in [0.15, 0.2) is 48.5 Å². The third-order valence-electron chi connectivity index (χ3n) is 3.14. The van der Waals surface area contributed by atoms with Gasteiger partial charge in [0.1, 0.15) is 0 Å². The molecule has 134 valence electrons. The number of hydrogen-bond donors (Lipinski definition) is 2. The van der Waals surface area contributed by atoms with Crippen molar-refractivity contribution in [3.63, 3.8) is 0 Å². The number of hydrogen-bond acceptors (Lipinski definition) is 3. The molecule has 0 heterocycles. The molecule has 2 N–H and O–H groups in total. The van der Waals surface area contributed by atoms with Crippen LogP contribution in [0.5, 0.6) is 0 Å². The minimum absolute atomic E-state index is 0.0908. The van der Waals surface area contributed by atoms with Crippen LogP contribution in [-0.4, -0.2) is 20.6 Å². The van der Waals surface area contributed by atoms with E-state index in [4.69, 9.17) is 0 Å². The van der Waals surface area contributed by atoms with Crippen molar-refractivity contribution in [3.05, 3.63) is 65.2 Å². The molecule has 0 aliphatic heterocycles. The molecule has 1 amide bonds. The molecule has 2 aromatic rings. The average molecular weight is 372 g/mol. The predicted molar refractivity (Wildman–Crippen MR) is 87.5 cm³/mol. The third-order valence-corrected chi connectivity index (χ3v) is 3.74. The number of carbonyl (C=O) groups is 1. The summed E-state index contributed by atoms with van der Waals surface area (Å²) in [5.41, 5.74) is -0.0953. The third kappa shape index (κ3) is 5.79. The molecular weight excluding hydrogens is 357 g/mol. The lowest BCUT2D eigenvalue weighted by Gasteiger charge is -2.10. The van der Waals surface area contributed by atoms with Crippen LogP contribution in [0.1, 0.15) is 21.5 Å². The Morgan fingerprint density at radius 1 is 1.08 bits per heavy atom. The first kappa shape index (κ1) is 18.8. The number of benzene rings is 2. The molecule has 0 atom stereocenters. The summed E-state index contributed by atoms with van der Waals surface area (Å²) in [5, 5.41) is 2.50. The van der Waals surface area contributed by atoms with Crippen LogP contribution in [-0.2, 0) is 22.7 Å². The van der Waals surface area contributed by atoms with Gasteiger partial charge in [0.05, 0.1) is 11.8 Å². The Kier molecular flexibility index (Phi) is 5.36. The Morgan fingerprint density at radius 2 is 1.76 bits per heavy atom. The Hall–Kier alpha value is -2.55. The van der Waals surface area contributed by atoms with E-state index in [2.05, 4.69) is 10.0 Å². The summed E-state index contributed by atoms with van der Waals surface area (Å²) in [5.74, 6) is -0.533. The van der Waals surface area contributed by atoms with Crippen molar-refractivity contribution in [1.82, 2.24) is 5.32 Å². The summed E-state index contributed by atoms with van der Waals surface area (Å²) >= 11 is 0. The molecule has 0 aliphatic rings. The van der Waals surface area contributed by atoms with Crippen molar-refractivity contribution in [1.29, 1.82) is 0 Å². The van der Waals surface area contributed by atoms with Gasteiger partial charge in [-0.15, -0.1) is 0 Å². The van der Waals surface area contributed by atoms with Gasteiger partial charge < -0.3 is 5.32 Å². The molecule has 0 bridgehead atoms. The van der Waals surface area contributed by atoms with E-state index in [1.807, 2.05) is 0 Å². The van der Waals surface area contributed by atoms with Gasteiger partial charge in [0, 0.05) is 17.8 Å². The summed E-state index contributed by atoms with van der Waals surface area (Å²) in [4.78, 5) is 12.1. The molecule has 9 heteroatoms. The SMILES string of the molecule is CS(=O)(=O)Nc1cccc(C(=O)NCc2cccc(C(F)(F)F)c2)c1. The lowest BCUT2D eigenvalue weighted by molar-refractivity contribution is -0.137. The minimum Gasteiger partial charge on any atom is -0.348 e. The van der Waals surface area contributed by atoms with Crippen molar-refractivity contribution < 1.29 is 26.4 Å². The number of rotatable bonds is 5. The van der Waals surface area contributed by atoms with E-state index < -0.39 is 27.7 Å². The van der Waals surface area contributed by atoms with Crippen LogP contribution < -0.4 is 10.0 Å². The van der Waals surface area contributed by atoms with Crippen molar-refractivity contribution >= 4 is 21.6 Å². The number of halogens is 3. The summed E-state index contributed by atoms with van der Waals surface area (Å²) in [6.45, 7) is -0.0908. The number of nitrogens with one attached hydrogen (secondary N) is 2. The van der Waals surface area contributed by atoms with Gasteiger partial charge in [-0.3, -0.25) is 9.52 Å². The van der Waals surface area contributed by atoms with E-state index in [1.54, 1.807) is 0 Å². The van der Waals surface area contributed by atoms with E-state index in [1.165, 1.54) is 36.4 Å². The van der Waals surface area contributed by atoms with Crippen LogP contribution in [0.25, 0.3) is 0 Å². The van der Waals surface area contributed by atoms with Crippen LogP contribution in [0.3, 0.4) is 0 Å². The second-order valence-corrected chi connectivity index (χ2v) is 7.08. The predicted octanol–water partition coefficient (Wildman–Crippen LogP) is 3.01. The lowest BCUT2D eigenvalue weighted by atomic mass is 10.1. The first-order valence-corrected chi connectivity index (χ1v) is 8.96. The number of alkyl halides is 3. The number of anilines is 1. The van der Waals surface area contributed by atoms with Crippen molar-refractivity contribution in [2.75, 3.05) is 11.0 Å². The van der Waals surface area contributed by atoms with Gasteiger partial charge >= 0.3 is 6.18 Å². The van der Waals surface area contributed by atoms with Gasteiger partial charge in [0.2, 0.25) is 10.0 Å². The summed E-state index contributed by atoms with van der Waals surface area (Å²) < 4.78 is 62.6. The molecule has 0 unspecified atom stereocenters. The van der Waals surface area contributed by atoms with Crippen molar-refractivity contribution in [2.45, 2.75) is 12.7 Å². The first-order chi connectivity index (χ1) is 11.5. The summed E-state index contributed by atoms with van der Waals surface area (Å²) in [6, 6.07) is 10.4. The lowest BCUT2D eigenvalue weighted by Crippen LogP contribution is -2.23. The highest BCUT2D eigenvalue weighted by molar-refractivity contribution is 7.92. The van der Waals surface area contributed by atoms with Crippen LogP contribution >= 0.6 is 0 Å². The van der Waals surface area contributed by atoms with E-state index in [0.717, 1.165) is 18.4 Å². The monoisotopic (exact) mass is 372 g/mol. The zero-order chi connectivity index (χ0) is 18.7. The fraction of sp³-hybridized carbons (Fsp3) is 0.188. The first-order valence-electron chi connectivity index (χ1n) is 7.07. The highest BCUT2D eigenvalue weighted by Crippen LogP contribution is 2.29. The average Bonchev–Trinajstić information content (AvgIpc) is 2.50. The largest absolute Gasteiger partial charge is 0.416 e. The van der Waals surface area contributed by atoms with Crippen LogP contribution in [0.2, 0.25) is 0 Å². The molecule has 2 aromatic carbocycles. The van der Waals surface area contributed by atoms with Gasteiger partial charge in [0.15, 0.2) is 0 Å². The zero-order valence-electron chi connectivity index (χ0n) is 13.1. The Balaban J connectivity index is 2.07. The molecule has 0 aliphatic carbocycles. The molecule has 0 radical (unpaired) electrons. The highest BCUT2D eigenvalue weighted by Gasteiger charge is 2.30. The van der Waals surface area contributed by atoms with E-state index in [-0.39, 0.29) is 17.8 Å². The van der Waals surface area contributed by atoms with Crippen LogP contribution in [0, 0.1) is 0 Å². The number of amides is 1. The Bertz CT molecular complexity index is 880. The highest BCUT2D eigenvalue weighted by atomic mass is 32.2. The van der Waals surface area contributed by atoms with E-state index >= 15 is 0 Å². The van der Waals surface area contributed by atoms with Gasteiger partial charge in [-0.05, 0) is 35.9 Å². The van der Waals surface area contributed by atoms with Gasteiger partial charge in [-0.25, -0.2) is 8.42 Å². The van der Waals surface area contributed by atoms with E-state index in [9.17, 15) is 26.4 Å². The van der Waals surface area contributed by atoms with Crippen LogP contribution in [0.4, 0.5) is 18.9 Å². The molecule has 0 aromatic heterocycles. The summed E-state index contributed by atoms with van der Waals surface area (Å²) in [6.07, 6.45) is -3.47. The summed E-state index contributed by atoms with van der Waals surface area (Å²) in [7, 11) is -3.48. The molecule has 0 spiro atoms. The quantitative estimate of drug-likeness (QED) is 0.847. The fourth-order valence-corrected chi connectivity index (χ4v) is 2.64. The normalized spacial score (nSPS) is 11.8. The molecule has 25 heavy (non-hydrogen) atoms. The molecule has 0 fully saturated rings. The topological polar surface area (TPSA) is 75.3 Å². The maximum Gasteiger partial charge on any atom is 0.416 e. The molecule has 2 rings (SSSR count). The number of carbonyl (C=O) groups excluding carboxylic acids is 1.